The number of nitrogens with one attached hydrogen (secondary N) is 1. The van der Waals surface area contributed by atoms with E-state index in [1.807, 2.05) is 0 Å². The van der Waals surface area contributed by atoms with Crippen LogP contribution in [0.25, 0.3) is 0 Å². The quantitative estimate of drug-likeness (QED) is 0.386. The van der Waals surface area contributed by atoms with Gasteiger partial charge in [-0.25, -0.2) is 4.57 Å². The van der Waals surface area contributed by atoms with Crippen molar-refractivity contribution >= 4 is 25.0 Å². The zero-order chi connectivity index (χ0) is 11.4. The molecule has 0 atom stereocenters. The maximum absolute atomic E-state index is 11.7. The van der Waals surface area contributed by atoms with Crippen LogP contribution in [0.3, 0.4) is 0 Å². The maximum atomic E-state index is 11.7. The molecular weight excluding hydrogens is 246 g/mol. The first kappa shape index (κ1) is 13.8. The molecule has 0 aliphatic heterocycles. The normalized spacial score (nSPS) is 12.6. The summed E-state index contributed by atoms with van der Waals surface area (Å²) in [5.41, 5.74) is 0. The molecule has 0 bridgehead atoms. The van der Waals surface area contributed by atoms with Crippen LogP contribution in [0.15, 0.2) is 0 Å². The van der Waals surface area contributed by atoms with Crippen LogP contribution in [0.5, 0.6) is 0 Å². The molecule has 10 heteroatoms. The Balaban J connectivity index is 3.67. The molecule has 0 spiro atoms. The van der Waals surface area contributed by atoms with Crippen molar-refractivity contribution in [3.05, 3.63) is 0 Å². The van der Waals surface area contributed by atoms with E-state index in [9.17, 15) is 17.7 Å². The summed E-state index contributed by atoms with van der Waals surface area (Å²) in [5, 5.41) is 1.73. The predicted octanol–water partition coefficient (Wildman–Crippen LogP) is 0.575. The van der Waals surface area contributed by atoms with Gasteiger partial charge in [-0.3, -0.25) is 4.52 Å². The SMILES string of the molecule is O=P(O)(O)OCCNC(=S)C(F)(F)F. The molecule has 0 saturated heterocycles. The second kappa shape index (κ2) is 5.04. The highest BCUT2D eigenvalue weighted by Crippen LogP contribution is 2.35. The molecule has 0 heterocycles. The van der Waals surface area contributed by atoms with Crippen molar-refractivity contribution in [2.45, 2.75) is 6.18 Å². The van der Waals surface area contributed by atoms with Gasteiger partial charge in [0.1, 0.15) is 0 Å². The fourth-order valence-corrected chi connectivity index (χ4v) is 0.861. The third-order valence-corrected chi connectivity index (χ3v) is 1.80. The Morgan fingerprint density at radius 1 is 1.50 bits per heavy atom. The number of hydrogen-bond acceptors (Lipinski definition) is 3. The summed E-state index contributed by atoms with van der Waals surface area (Å²) in [4.78, 5) is 14.9. The van der Waals surface area contributed by atoms with E-state index in [2.05, 4.69) is 16.7 Å². The average Bonchev–Trinajstić information content (AvgIpc) is 1.93. The second-order valence-electron chi connectivity index (χ2n) is 2.08. The Hall–Kier alpha value is -0.210. The van der Waals surface area contributed by atoms with Crippen LogP contribution in [0.1, 0.15) is 0 Å². The summed E-state index contributed by atoms with van der Waals surface area (Å²) in [6.45, 7) is -0.996. The third kappa shape index (κ3) is 7.22. The smallest absolute Gasteiger partial charge is 0.370 e. The molecule has 0 rings (SSSR count). The van der Waals surface area contributed by atoms with E-state index in [0.29, 0.717) is 0 Å². The summed E-state index contributed by atoms with van der Waals surface area (Å²) >= 11 is 3.91. The average molecular weight is 253 g/mol. The molecule has 0 amide bonds. The molecule has 84 valence electrons. The van der Waals surface area contributed by atoms with Crippen molar-refractivity contribution in [2.75, 3.05) is 13.2 Å². The lowest BCUT2D eigenvalue weighted by Crippen LogP contribution is -2.36. The summed E-state index contributed by atoms with van der Waals surface area (Å²) in [5.74, 6) is 0. The lowest BCUT2D eigenvalue weighted by molar-refractivity contribution is -0.0592. The monoisotopic (exact) mass is 253 g/mol. The van der Waals surface area contributed by atoms with Crippen molar-refractivity contribution < 1.29 is 32.0 Å². The highest BCUT2D eigenvalue weighted by Gasteiger charge is 2.33. The standard InChI is InChI=1S/C4H7F3NO4PS/c5-4(6,7)3(14)8-1-2-12-13(9,10)11/h1-2H2,(H,8,14)(H2,9,10,11). The Morgan fingerprint density at radius 3 is 2.36 bits per heavy atom. The highest BCUT2D eigenvalue weighted by molar-refractivity contribution is 7.80. The van der Waals surface area contributed by atoms with E-state index >= 15 is 0 Å². The van der Waals surface area contributed by atoms with Crippen LogP contribution >= 0.6 is 20.0 Å². The molecule has 0 radical (unpaired) electrons. The number of thiocarbonyl (C=S) groups is 1. The maximum Gasteiger partial charge on any atom is 0.469 e. The molecule has 0 aliphatic carbocycles. The van der Waals surface area contributed by atoms with E-state index in [1.165, 1.54) is 0 Å². The number of rotatable bonds is 4. The molecule has 14 heavy (non-hydrogen) atoms. The number of phosphoric acid groups is 1. The predicted molar refractivity (Wildman–Crippen MR) is 44.7 cm³/mol. The number of phosphoric ester groups is 1. The van der Waals surface area contributed by atoms with Crippen molar-refractivity contribution in [2.24, 2.45) is 0 Å². The Bertz CT molecular complexity index is 251. The van der Waals surface area contributed by atoms with E-state index in [1.54, 1.807) is 5.32 Å². The fourth-order valence-electron chi connectivity index (χ4n) is 0.429. The van der Waals surface area contributed by atoms with Gasteiger partial charge in [-0.05, 0) is 0 Å². The van der Waals surface area contributed by atoms with Gasteiger partial charge in [0.15, 0.2) is 4.99 Å². The molecule has 3 N–H and O–H groups in total. The van der Waals surface area contributed by atoms with Gasteiger partial charge in [0.25, 0.3) is 0 Å². The lowest BCUT2D eigenvalue weighted by atomic mass is 10.6. The number of halogens is 3. The summed E-state index contributed by atoms with van der Waals surface area (Å²) in [7, 11) is -4.63. The largest absolute Gasteiger partial charge is 0.469 e. The van der Waals surface area contributed by atoms with Crippen molar-refractivity contribution in [1.82, 2.24) is 5.32 Å². The first-order chi connectivity index (χ1) is 6.13. The summed E-state index contributed by atoms with van der Waals surface area (Å²) < 4.78 is 49.1. The van der Waals surface area contributed by atoms with Crippen LogP contribution in [-0.4, -0.2) is 34.1 Å². The van der Waals surface area contributed by atoms with Gasteiger partial charge >= 0.3 is 14.0 Å². The molecule has 0 aliphatic rings. The van der Waals surface area contributed by atoms with Gasteiger partial charge in [-0.15, -0.1) is 0 Å². The van der Waals surface area contributed by atoms with Gasteiger partial charge in [-0.2, -0.15) is 13.2 Å². The first-order valence-electron chi connectivity index (χ1n) is 3.18. The number of hydrogen-bond donors (Lipinski definition) is 3. The van der Waals surface area contributed by atoms with Crippen LogP contribution in [0.2, 0.25) is 0 Å². The Kier molecular flexibility index (Phi) is 4.96. The van der Waals surface area contributed by atoms with Crippen molar-refractivity contribution in [1.29, 1.82) is 0 Å². The Labute approximate surface area is 82.5 Å². The minimum absolute atomic E-state index is 0.427. The fraction of sp³-hybridized carbons (Fsp3) is 0.750. The van der Waals surface area contributed by atoms with E-state index in [0.717, 1.165) is 0 Å². The van der Waals surface area contributed by atoms with Gasteiger partial charge < -0.3 is 15.1 Å². The molecule has 0 aromatic heterocycles. The van der Waals surface area contributed by atoms with Crippen LogP contribution < -0.4 is 5.32 Å². The van der Waals surface area contributed by atoms with Gasteiger partial charge in [0.2, 0.25) is 0 Å². The van der Waals surface area contributed by atoms with E-state index < -0.39 is 32.1 Å². The van der Waals surface area contributed by atoms with Crippen LogP contribution in [-0.2, 0) is 9.09 Å². The minimum Gasteiger partial charge on any atom is -0.370 e. The van der Waals surface area contributed by atoms with Crippen molar-refractivity contribution in [3.63, 3.8) is 0 Å². The number of alkyl halides is 3. The molecule has 0 saturated carbocycles. The first-order valence-corrected chi connectivity index (χ1v) is 5.12. The zero-order valence-electron chi connectivity index (χ0n) is 6.61. The lowest BCUT2D eigenvalue weighted by Gasteiger charge is -2.10. The minimum atomic E-state index is -4.64. The van der Waals surface area contributed by atoms with Crippen LogP contribution in [0, 0.1) is 0 Å². The van der Waals surface area contributed by atoms with Gasteiger partial charge in [-0.1, -0.05) is 12.2 Å². The molecule has 0 aromatic rings. The second-order valence-corrected chi connectivity index (χ2v) is 3.73. The zero-order valence-corrected chi connectivity index (χ0v) is 8.33. The molecule has 0 unspecified atom stereocenters. The highest BCUT2D eigenvalue weighted by atomic mass is 32.1. The summed E-state index contributed by atoms with van der Waals surface area (Å²) in [6, 6.07) is 0. The Morgan fingerprint density at radius 2 is 2.00 bits per heavy atom. The summed E-state index contributed by atoms with van der Waals surface area (Å²) in [6.07, 6.45) is -4.64. The van der Waals surface area contributed by atoms with Crippen molar-refractivity contribution in [3.8, 4) is 0 Å². The molecule has 5 nitrogen and oxygen atoms in total. The van der Waals surface area contributed by atoms with Gasteiger partial charge in [0.05, 0.1) is 6.61 Å². The molecule has 0 aromatic carbocycles. The third-order valence-electron chi connectivity index (χ3n) is 0.905. The topological polar surface area (TPSA) is 78.8 Å². The van der Waals surface area contributed by atoms with Gasteiger partial charge in [0, 0.05) is 6.54 Å². The van der Waals surface area contributed by atoms with E-state index in [-0.39, 0.29) is 0 Å². The molecule has 0 fully saturated rings. The van der Waals surface area contributed by atoms with E-state index in [4.69, 9.17) is 9.79 Å². The molecular formula is C4H7F3NO4PS. The van der Waals surface area contributed by atoms with Crippen LogP contribution in [0.4, 0.5) is 13.2 Å².